The van der Waals surface area contributed by atoms with E-state index in [0.29, 0.717) is 12.0 Å². The van der Waals surface area contributed by atoms with E-state index in [0.717, 1.165) is 24.8 Å². The standard InChI is InChI=1S/C24H34N4OS/c1-25-23(27-17-24(12-13-24)19-9-4-5-10-20(19)29-3)26-16-18-8-6-14-28(2)22(18)21-11-7-15-30-21/h4-5,7,9-11,15,18,22H,6,8,12-14,16-17H2,1-3H3,(H2,25,26,27). The van der Waals surface area contributed by atoms with Gasteiger partial charge in [0.05, 0.1) is 7.11 Å². The molecule has 4 rings (SSSR count). The molecule has 30 heavy (non-hydrogen) atoms. The highest BCUT2D eigenvalue weighted by Crippen LogP contribution is 2.50. The maximum absolute atomic E-state index is 5.61. The van der Waals surface area contributed by atoms with E-state index in [1.807, 2.05) is 24.5 Å². The third kappa shape index (κ3) is 4.49. The maximum Gasteiger partial charge on any atom is 0.191 e. The molecule has 1 aliphatic carbocycles. The number of hydrogen-bond donors (Lipinski definition) is 2. The third-order valence-corrected chi connectivity index (χ3v) is 7.67. The van der Waals surface area contributed by atoms with Gasteiger partial charge >= 0.3 is 0 Å². The first-order valence-electron chi connectivity index (χ1n) is 11.0. The van der Waals surface area contributed by atoms with Crippen molar-refractivity contribution in [3.8, 4) is 5.75 Å². The van der Waals surface area contributed by atoms with E-state index in [9.17, 15) is 0 Å². The highest BCUT2D eigenvalue weighted by Gasteiger charge is 2.46. The lowest BCUT2D eigenvalue weighted by Crippen LogP contribution is -2.46. The topological polar surface area (TPSA) is 48.9 Å². The number of thiophene rings is 1. The SMILES string of the molecule is CN=C(NCC1CCCN(C)C1c1cccs1)NCC1(c2ccccc2OC)CC1. The van der Waals surface area contributed by atoms with E-state index < -0.39 is 0 Å². The zero-order valence-corrected chi connectivity index (χ0v) is 19.2. The molecular weight excluding hydrogens is 392 g/mol. The van der Waals surface area contributed by atoms with E-state index in [-0.39, 0.29) is 5.41 Å². The number of likely N-dealkylation sites (tertiary alicyclic amines) is 1. The highest BCUT2D eigenvalue weighted by molar-refractivity contribution is 7.10. The van der Waals surface area contributed by atoms with Gasteiger partial charge in [-0.2, -0.15) is 0 Å². The number of methoxy groups -OCH3 is 1. The van der Waals surface area contributed by atoms with Gasteiger partial charge in [0.1, 0.15) is 5.75 Å². The summed E-state index contributed by atoms with van der Waals surface area (Å²) in [6.45, 7) is 2.99. The summed E-state index contributed by atoms with van der Waals surface area (Å²) in [7, 11) is 5.88. The summed E-state index contributed by atoms with van der Waals surface area (Å²) in [5.41, 5.74) is 1.47. The molecule has 2 heterocycles. The van der Waals surface area contributed by atoms with Gasteiger partial charge in [-0.3, -0.25) is 9.89 Å². The molecule has 5 nitrogen and oxygen atoms in total. The lowest BCUT2D eigenvalue weighted by atomic mass is 9.88. The minimum Gasteiger partial charge on any atom is -0.496 e. The van der Waals surface area contributed by atoms with E-state index in [4.69, 9.17) is 4.74 Å². The Kier molecular flexibility index (Phi) is 6.64. The van der Waals surface area contributed by atoms with Crippen LogP contribution in [0.25, 0.3) is 0 Å². The molecule has 1 aliphatic heterocycles. The van der Waals surface area contributed by atoms with Crippen LogP contribution in [0.1, 0.15) is 42.2 Å². The molecule has 2 unspecified atom stereocenters. The van der Waals surface area contributed by atoms with Crippen molar-refractivity contribution in [2.75, 3.05) is 40.8 Å². The maximum atomic E-state index is 5.61. The molecule has 162 valence electrons. The number of rotatable bonds is 7. The van der Waals surface area contributed by atoms with Crippen LogP contribution in [0.2, 0.25) is 0 Å². The number of guanidine groups is 1. The van der Waals surface area contributed by atoms with Crippen LogP contribution in [-0.2, 0) is 5.41 Å². The molecule has 1 aromatic heterocycles. The van der Waals surface area contributed by atoms with Gasteiger partial charge in [0, 0.05) is 42.0 Å². The smallest absolute Gasteiger partial charge is 0.191 e. The van der Waals surface area contributed by atoms with Crippen molar-refractivity contribution in [3.63, 3.8) is 0 Å². The molecule has 0 radical (unpaired) electrons. The number of aliphatic imine (C=N–C) groups is 1. The van der Waals surface area contributed by atoms with Crippen LogP contribution in [0.4, 0.5) is 0 Å². The largest absolute Gasteiger partial charge is 0.496 e. The highest BCUT2D eigenvalue weighted by atomic mass is 32.1. The molecule has 0 amide bonds. The number of piperidine rings is 1. The first-order chi connectivity index (χ1) is 14.7. The predicted molar refractivity (Wildman–Crippen MR) is 126 cm³/mol. The molecule has 1 saturated heterocycles. The normalized spacial score (nSPS) is 23.8. The van der Waals surface area contributed by atoms with Gasteiger partial charge < -0.3 is 15.4 Å². The minimum absolute atomic E-state index is 0.161. The molecule has 2 aromatic rings. The first kappa shape index (κ1) is 21.2. The van der Waals surface area contributed by atoms with E-state index in [1.165, 1.54) is 42.7 Å². The Morgan fingerprint density at radius 3 is 2.77 bits per heavy atom. The van der Waals surface area contributed by atoms with Gasteiger partial charge in [-0.25, -0.2) is 0 Å². The quantitative estimate of drug-likeness (QED) is 0.518. The molecule has 2 N–H and O–H groups in total. The number of nitrogens with zero attached hydrogens (tertiary/aromatic N) is 2. The van der Waals surface area contributed by atoms with Crippen molar-refractivity contribution >= 4 is 17.3 Å². The summed E-state index contributed by atoms with van der Waals surface area (Å²) in [5, 5.41) is 9.40. The zero-order valence-electron chi connectivity index (χ0n) is 18.4. The van der Waals surface area contributed by atoms with Crippen LogP contribution in [0.3, 0.4) is 0 Å². The van der Waals surface area contributed by atoms with Crippen molar-refractivity contribution in [2.24, 2.45) is 10.9 Å². The fraction of sp³-hybridized carbons (Fsp3) is 0.542. The lowest BCUT2D eigenvalue weighted by Gasteiger charge is -2.39. The van der Waals surface area contributed by atoms with E-state index in [2.05, 4.69) is 63.3 Å². The Morgan fingerprint density at radius 1 is 1.23 bits per heavy atom. The summed E-state index contributed by atoms with van der Waals surface area (Å²) >= 11 is 1.87. The second-order valence-corrected chi connectivity index (χ2v) is 9.61. The first-order valence-corrected chi connectivity index (χ1v) is 11.9. The Balaban J connectivity index is 1.36. The second kappa shape index (κ2) is 9.40. The summed E-state index contributed by atoms with van der Waals surface area (Å²) in [4.78, 5) is 8.48. The van der Waals surface area contributed by atoms with Crippen LogP contribution < -0.4 is 15.4 Å². The third-order valence-electron chi connectivity index (χ3n) is 6.72. The lowest BCUT2D eigenvalue weighted by molar-refractivity contribution is 0.125. The molecule has 1 aromatic carbocycles. The number of nitrogens with one attached hydrogen (secondary N) is 2. The number of benzene rings is 1. The molecule has 2 fully saturated rings. The monoisotopic (exact) mass is 426 g/mol. The Hall–Kier alpha value is -2.05. The van der Waals surface area contributed by atoms with Crippen LogP contribution in [0.15, 0.2) is 46.8 Å². The predicted octanol–water partition coefficient (Wildman–Crippen LogP) is 4.04. The average molecular weight is 427 g/mol. The van der Waals surface area contributed by atoms with Gasteiger partial charge in [-0.05, 0) is 62.7 Å². The number of hydrogen-bond acceptors (Lipinski definition) is 4. The Labute approximate surface area is 184 Å². The zero-order chi connectivity index (χ0) is 21.0. The van der Waals surface area contributed by atoms with Crippen LogP contribution in [-0.4, -0.2) is 51.7 Å². The van der Waals surface area contributed by atoms with Gasteiger partial charge in [-0.15, -0.1) is 11.3 Å². The summed E-state index contributed by atoms with van der Waals surface area (Å²) in [6, 6.07) is 13.3. The Bertz CT molecular complexity index is 847. The molecule has 2 atom stereocenters. The minimum atomic E-state index is 0.161. The van der Waals surface area contributed by atoms with Crippen molar-refractivity contribution in [2.45, 2.75) is 37.1 Å². The van der Waals surface area contributed by atoms with Gasteiger partial charge in [-0.1, -0.05) is 24.3 Å². The van der Waals surface area contributed by atoms with E-state index >= 15 is 0 Å². The van der Waals surface area contributed by atoms with E-state index in [1.54, 1.807) is 7.11 Å². The fourth-order valence-electron chi connectivity index (χ4n) is 4.86. The second-order valence-electron chi connectivity index (χ2n) is 8.63. The fourth-order valence-corrected chi connectivity index (χ4v) is 5.84. The molecule has 1 saturated carbocycles. The van der Waals surface area contributed by atoms with Crippen LogP contribution in [0.5, 0.6) is 5.75 Å². The molecule has 2 aliphatic rings. The summed E-state index contributed by atoms with van der Waals surface area (Å²) < 4.78 is 5.61. The van der Waals surface area contributed by atoms with Crippen molar-refractivity contribution < 1.29 is 4.74 Å². The van der Waals surface area contributed by atoms with Crippen LogP contribution >= 0.6 is 11.3 Å². The summed E-state index contributed by atoms with van der Waals surface area (Å²) in [6.07, 6.45) is 4.88. The summed E-state index contributed by atoms with van der Waals surface area (Å²) in [5.74, 6) is 2.48. The van der Waals surface area contributed by atoms with Crippen molar-refractivity contribution in [3.05, 3.63) is 52.2 Å². The van der Waals surface area contributed by atoms with Gasteiger partial charge in [0.2, 0.25) is 0 Å². The van der Waals surface area contributed by atoms with Crippen molar-refractivity contribution in [1.29, 1.82) is 0 Å². The average Bonchev–Trinajstić information content (AvgIpc) is 3.37. The van der Waals surface area contributed by atoms with Crippen molar-refractivity contribution in [1.82, 2.24) is 15.5 Å². The van der Waals surface area contributed by atoms with Gasteiger partial charge in [0.15, 0.2) is 5.96 Å². The molecule has 0 spiro atoms. The Morgan fingerprint density at radius 2 is 2.07 bits per heavy atom. The molecule has 0 bridgehead atoms. The number of para-hydroxylation sites is 1. The number of ether oxygens (including phenoxy) is 1. The van der Waals surface area contributed by atoms with Gasteiger partial charge in [0.25, 0.3) is 0 Å². The van der Waals surface area contributed by atoms with Crippen LogP contribution in [0, 0.1) is 5.92 Å². The molecular formula is C24H34N4OS. The molecule has 6 heteroatoms.